The van der Waals surface area contributed by atoms with Crippen molar-refractivity contribution < 1.29 is 4.79 Å². The standard InChI is InChI=1S/C16H18N4O/c1-16(2,3)13-8-6-5-7-12(13)15(21)18-14-11(9-17)10-20(4)19-14/h5-8,10H,1-4H3,(H,18,19,21). The Hall–Kier alpha value is -2.61. The molecule has 0 bridgehead atoms. The minimum absolute atomic E-state index is 0.143. The molecule has 1 heterocycles. The average Bonchev–Trinajstić information content (AvgIpc) is 2.77. The van der Waals surface area contributed by atoms with Gasteiger partial charge < -0.3 is 5.32 Å². The summed E-state index contributed by atoms with van der Waals surface area (Å²) in [6, 6.07) is 9.49. The zero-order valence-corrected chi connectivity index (χ0v) is 12.6. The number of rotatable bonds is 2. The highest BCUT2D eigenvalue weighted by atomic mass is 16.1. The van der Waals surface area contributed by atoms with Gasteiger partial charge in [-0.25, -0.2) is 0 Å². The number of hydrogen-bond acceptors (Lipinski definition) is 3. The molecule has 0 atom stereocenters. The van der Waals surface area contributed by atoms with Crippen LogP contribution in [0.25, 0.3) is 0 Å². The van der Waals surface area contributed by atoms with Gasteiger partial charge in [0, 0.05) is 18.8 Å². The Morgan fingerprint density at radius 3 is 2.62 bits per heavy atom. The summed E-state index contributed by atoms with van der Waals surface area (Å²) < 4.78 is 1.50. The molecule has 5 heteroatoms. The van der Waals surface area contributed by atoms with Gasteiger partial charge in [0.25, 0.3) is 5.91 Å². The van der Waals surface area contributed by atoms with Crippen molar-refractivity contribution in [1.29, 1.82) is 5.26 Å². The molecule has 5 nitrogen and oxygen atoms in total. The molecule has 0 aliphatic carbocycles. The van der Waals surface area contributed by atoms with Crippen molar-refractivity contribution >= 4 is 11.7 Å². The predicted molar refractivity (Wildman–Crippen MR) is 81.0 cm³/mol. The maximum Gasteiger partial charge on any atom is 0.257 e. The highest BCUT2D eigenvalue weighted by Gasteiger charge is 2.22. The van der Waals surface area contributed by atoms with Crippen molar-refractivity contribution in [1.82, 2.24) is 9.78 Å². The van der Waals surface area contributed by atoms with Gasteiger partial charge in [0.05, 0.1) is 0 Å². The lowest BCUT2D eigenvalue weighted by atomic mass is 9.83. The second-order valence-electron chi connectivity index (χ2n) is 5.93. The largest absolute Gasteiger partial charge is 0.304 e. The van der Waals surface area contributed by atoms with Crippen LogP contribution in [0.3, 0.4) is 0 Å². The molecule has 2 rings (SSSR count). The molecular weight excluding hydrogens is 264 g/mol. The van der Waals surface area contributed by atoms with E-state index < -0.39 is 0 Å². The second-order valence-corrected chi connectivity index (χ2v) is 5.93. The average molecular weight is 282 g/mol. The van der Waals surface area contributed by atoms with Gasteiger partial charge in [0.15, 0.2) is 5.82 Å². The van der Waals surface area contributed by atoms with E-state index in [4.69, 9.17) is 5.26 Å². The molecule has 0 unspecified atom stereocenters. The Morgan fingerprint density at radius 2 is 2.00 bits per heavy atom. The summed E-state index contributed by atoms with van der Waals surface area (Å²) in [5.74, 6) is 0.0319. The number of benzene rings is 1. The van der Waals surface area contributed by atoms with E-state index in [-0.39, 0.29) is 17.1 Å². The predicted octanol–water partition coefficient (Wildman–Crippen LogP) is 2.84. The lowest BCUT2D eigenvalue weighted by molar-refractivity contribution is 0.102. The fourth-order valence-corrected chi connectivity index (χ4v) is 2.17. The molecule has 0 saturated carbocycles. The summed E-state index contributed by atoms with van der Waals surface area (Å²) >= 11 is 0. The first-order chi connectivity index (χ1) is 9.82. The van der Waals surface area contributed by atoms with E-state index in [0.29, 0.717) is 11.1 Å². The number of carbonyl (C=O) groups is 1. The monoisotopic (exact) mass is 282 g/mol. The minimum Gasteiger partial charge on any atom is -0.304 e. The summed E-state index contributed by atoms with van der Waals surface area (Å²) in [6.45, 7) is 6.17. The van der Waals surface area contributed by atoms with E-state index in [1.807, 2.05) is 24.3 Å². The van der Waals surface area contributed by atoms with Crippen molar-refractivity contribution in [2.45, 2.75) is 26.2 Å². The Kier molecular flexibility index (Phi) is 3.81. The van der Waals surface area contributed by atoms with E-state index in [1.54, 1.807) is 19.3 Å². The van der Waals surface area contributed by atoms with E-state index in [0.717, 1.165) is 5.56 Å². The first kappa shape index (κ1) is 14.8. The molecule has 1 aromatic heterocycles. The van der Waals surface area contributed by atoms with Gasteiger partial charge in [-0.15, -0.1) is 0 Å². The number of nitrogens with zero attached hydrogens (tertiary/aromatic N) is 3. The van der Waals surface area contributed by atoms with Gasteiger partial charge >= 0.3 is 0 Å². The number of aromatic nitrogens is 2. The van der Waals surface area contributed by atoms with Crippen LogP contribution in [0.4, 0.5) is 5.82 Å². The van der Waals surface area contributed by atoms with Crippen molar-refractivity contribution in [2.75, 3.05) is 5.32 Å². The summed E-state index contributed by atoms with van der Waals surface area (Å²) in [6.07, 6.45) is 1.57. The third-order valence-electron chi connectivity index (χ3n) is 3.16. The number of carbonyl (C=O) groups excluding carboxylic acids is 1. The van der Waals surface area contributed by atoms with Crippen molar-refractivity contribution in [3.63, 3.8) is 0 Å². The van der Waals surface area contributed by atoms with Crippen molar-refractivity contribution in [3.8, 4) is 6.07 Å². The van der Waals surface area contributed by atoms with E-state index >= 15 is 0 Å². The molecule has 108 valence electrons. The van der Waals surface area contributed by atoms with Crippen LogP contribution in [0.1, 0.15) is 42.3 Å². The third-order valence-corrected chi connectivity index (χ3v) is 3.16. The van der Waals surface area contributed by atoms with Crippen molar-refractivity contribution in [2.24, 2.45) is 7.05 Å². The number of amides is 1. The van der Waals surface area contributed by atoms with Crippen LogP contribution in [0, 0.1) is 11.3 Å². The first-order valence-corrected chi connectivity index (χ1v) is 6.67. The zero-order valence-electron chi connectivity index (χ0n) is 12.6. The van der Waals surface area contributed by atoms with Gasteiger partial charge in [-0.1, -0.05) is 39.0 Å². The fourth-order valence-electron chi connectivity index (χ4n) is 2.17. The zero-order chi connectivity index (χ0) is 15.6. The van der Waals surface area contributed by atoms with Crippen molar-refractivity contribution in [3.05, 3.63) is 47.2 Å². The Labute approximate surface area is 124 Å². The van der Waals surface area contributed by atoms with Crippen LogP contribution in [0.2, 0.25) is 0 Å². The molecule has 0 saturated heterocycles. The lowest BCUT2D eigenvalue weighted by Gasteiger charge is -2.22. The van der Waals surface area contributed by atoms with E-state index in [2.05, 4.69) is 31.2 Å². The van der Waals surface area contributed by atoms with E-state index in [9.17, 15) is 4.79 Å². The van der Waals surface area contributed by atoms with Gasteiger partial charge in [-0.05, 0) is 17.0 Å². The second kappa shape index (κ2) is 5.41. The normalized spacial score (nSPS) is 11.0. The Balaban J connectivity index is 2.36. The lowest BCUT2D eigenvalue weighted by Crippen LogP contribution is -2.21. The maximum atomic E-state index is 12.5. The highest BCUT2D eigenvalue weighted by Crippen LogP contribution is 2.26. The molecule has 0 aliphatic rings. The molecule has 1 aromatic carbocycles. The fraction of sp³-hybridized carbons (Fsp3) is 0.312. The van der Waals surface area contributed by atoms with Gasteiger partial charge in [0.1, 0.15) is 11.6 Å². The van der Waals surface area contributed by atoms with Crippen LogP contribution in [-0.4, -0.2) is 15.7 Å². The molecule has 0 spiro atoms. The summed E-state index contributed by atoms with van der Waals surface area (Å²) in [7, 11) is 1.71. The third kappa shape index (κ3) is 3.11. The Morgan fingerprint density at radius 1 is 1.33 bits per heavy atom. The SMILES string of the molecule is Cn1cc(C#N)c(NC(=O)c2ccccc2C(C)(C)C)n1. The Bertz CT molecular complexity index is 717. The molecule has 0 fully saturated rings. The van der Waals surface area contributed by atoms with Gasteiger partial charge in [-0.3, -0.25) is 9.48 Å². The molecule has 21 heavy (non-hydrogen) atoms. The summed E-state index contributed by atoms with van der Waals surface area (Å²) in [5, 5.41) is 15.9. The van der Waals surface area contributed by atoms with Crippen LogP contribution >= 0.6 is 0 Å². The topological polar surface area (TPSA) is 70.7 Å². The number of aryl methyl sites for hydroxylation is 1. The summed E-state index contributed by atoms with van der Waals surface area (Å²) in [5.41, 5.74) is 1.76. The number of nitriles is 1. The smallest absolute Gasteiger partial charge is 0.257 e. The van der Waals surface area contributed by atoms with Crippen LogP contribution in [0.15, 0.2) is 30.5 Å². The van der Waals surface area contributed by atoms with Gasteiger partial charge in [0.2, 0.25) is 0 Å². The minimum atomic E-state index is -0.254. The first-order valence-electron chi connectivity index (χ1n) is 6.67. The van der Waals surface area contributed by atoms with Crippen LogP contribution in [0.5, 0.6) is 0 Å². The highest BCUT2D eigenvalue weighted by molar-refractivity contribution is 6.05. The summed E-state index contributed by atoms with van der Waals surface area (Å²) in [4.78, 5) is 12.5. The number of hydrogen-bond donors (Lipinski definition) is 1. The quantitative estimate of drug-likeness (QED) is 0.920. The molecular formula is C16H18N4O. The molecule has 0 aliphatic heterocycles. The number of anilines is 1. The van der Waals surface area contributed by atoms with E-state index in [1.165, 1.54) is 4.68 Å². The molecule has 1 N–H and O–H groups in total. The molecule has 1 amide bonds. The molecule has 0 radical (unpaired) electrons. The number of nitrogens with one attached hydrogen (secondary N) is 1. The van der Waals surface area contributed by atoms with Crippen LogP contribution < -0.4 is 5.32 Å². The van der Waals surface area contributed by atoms with Crippen LogP contribution in [-0.2, 0) is 12.5 Å². The molecule has 2 aromatic rings. The van der Waals surface area contributed by atoms with Gasteiger partial charge in [-0.2, -0.15) is 10.4 Å². The maximum absolute atomic E-state index is 12.5.